The van der Waals surface area contributed by atoms with E-state index in [4.69, 9.17) is 29.4 Å². The largest absolute Gasteiger partial charge is 0.460 e. The molecular formula is C18H34N2O7. The molecule has 1 aliphatic heterocycles. The van der Waals surface area contributed by atoms with E-state index in [1.54, 1.807) is 0 Å². The minimum atomic E-state index is -0.725. The van der Waals surface area contributed by atoms with E-state index in [0.717, 1.165) is 6.42 Å². The second-order valence-corrected chi connectivity index (χ2v) is 6.49. The van der Waals surface area contributed by atoms with Crippen LogP contribution < -0.4 is 11.1 Å². The van der Waals surface area contributed by atoms with E-state index in [0.29, 0.717) is 33.0 Å². The highest BCUT2D eigenvalue weighted by Gasteiger charge is 2.46. The van der Waals surface area contributed by atoms with Gasteiger partial charge in [0, 0.05) is 26.3 Å². The number of amides is 1. The Morgan fingerprint density at radius 1 is 1.07 bits per heavy atom. The molecule has 0 aromatic carbocycles. The Morgan fingerprint density at radius 3 is 2.26 bits per heavy atom. The maximum atomic E-state index is 11.6. The number of esters is 1. The summed E-state index contributed by atoms with van der Waals surface area (Å²) in [6, 6.07) is -0.586. The van der Waals surface area contributed by atoms with E-state index < -0.39 is 24.4 Å². The molecule has 0 radical (unpaired) electrons. The van der Waals surface area contributed by atoms with Crippen molar-refractivity contribution in [1.29, 1.82) is 0 Å². The molecule has 0 aliphatic carbocycles. The molecule has 3 N–H and O–H groups in total. The molecule has 0 spiro atoms. The summed E-state index contributed by atoms with van der Waals surface area (Å²) in [5.41, 5.74) is 5.33. The van der Waals surface area contributed by atoms with Gasteiger partial charge < -0.3 is 34.7 Å². The van der Waals surface area contributed by atoms with Gasteiger partial charge in [-0.15, -0.1) is 0 Å². The van der Waals surface area contributed by atoms with Crippen LogP contribution in [-0.2, 0) is 33.3 Å². The lowest BCUT2D eigenvalue weighted by Crippen LogP contribution is -2.62. The van der Waals surface area contributed by atoms with Crippen LogP contribution in [0, 0.1) is 5.92 Å². The average Bonchev–Trinajstić information content (AvgIpc) is 2.61. The van der Waals surface area contributed by atoms with Crippen molar-refractivity contribution in [3.63, 3.8) is 0 Å². The third-order valence-corrected chi connectivity index (χ3v) is 4.28. The van der Waals surface area contributed by atoms with Crippen LogP contribution in [0.1, 0.15) is 34.1 Å². The molecule has 1 amide bonds. The summed E-state index contributed by atoms with van der Waals surface area (Å²) < 4.78 is 28.0. The summed E-state index contributed by atoms with van der Waals surface area (Å²) in [5, 5.41) is 2.80. The Bertz CT molecular complexity index is 449. The molecule has 0 aromatic rings. The lowest BCUT2D eigenvalue weighted by Gasteiger charge is -2.44. The second-order valence-electron chi connectivity index (χ2n) is 6.49. The first kappa shape index (κ1) is 23.8. The maximum absolute atomic E-state index is 11.6. The van der Waals surface area contributed by atoms with Crippen LogP contribution in [0.25, 0.3) is 0 Å². The molecule has 158 valence electrons. The van der Waals surface area contributed by atoms with E-state index in [1.165, 1.54) is 13.8 Å². The van der Waals surface area contributed by atoms with E-state index in [2.05, 4.69) is 5.32 Å². The van der Waals surface area contributed by atoms with Gasteiger partial charge in [0.15, 0.2) is 6.29 Å². The average molecular weight is 390 g/mol. The van der Waals surface area contributed by atoms with Crippen molar-refractivity contribution >= 4 is 11.9 Å². The normalized spacial score (nSPS) is 28.0. The van der Waals surface area contributed by atoms with Gasteiger partial charge in [-0.2, -0.15) is 0 Å². The minimum absolute atomic E-state index is 0.0773. The Labute approximate surface area is 161 Å². The number of carbonyl (C=O) groups excluding carboxylic acids is 2. The molecule has 27 heavy (non-hydrogen) atoms. The zero-order valence-electron chi connectivity index (χ0n) is 16.8. The van der Waals surface area contributed by atoms with Crippen molar-refractivity contribution in [2.75, 3.05) is 39.6 Å². The zero-order chi connectivity index (χ0) is 20.2. The van der Waals surface area contributed by atoms with E-state index in [-0.39, 0.29) is 24.5 Å². The highest BCUT2D eigenvalue weighted by Crippen LogP contribution is 2.30. The predicted octanol–water partition coefficient (Wildman–Crippen LogP) is 0.202. The van der Waals surface area contributed by atoms with E-state index in [1.807, 2.05) is 13.8 Å². The first-order chi connectivity index (χ1) is 12.9. The summed E-state index contributed by atoms with van der Waals surface area (Å²) in [4.78, 5) is 23.2. The summed E-state index contributed by atoms with van der Waals surface area (Å²) in [7, 11) is 0. The molecule has 0 bridgehead atoms. The van der Waals surface area contributed by atoms with Crippen molar-refractivity contribution in [1.82, 2.24) is 5.32 Å². The predicted molar refractivity (Wildman–Crippen MR) is 97.9 cm³/mol. The Balaban J connectivity index is 2.61. The molecule has 9 nitrogen and oxygen atoms in total. The Kier molecular flexibility index (Phi) is 11.5. The summed E-state index contributed by atoms with van der Waals surface area (Å²) in [5.74, 6) is -0.727. The molecular weight excluding hydrogens is 356 g/mol. The minimum Gasteiger partial charge on any atom is -0.460 e. The van der Waals surface area contributed by atoms with Crippen LogP contribution in [0.3, 0.4) is 0 Å². The van der Waals surface area contributed by atoms with E-state index >= 15 is 0 Å². The van der Waals surface area contributed by atoms with Crippen molar-refractivity contribution in [3.8, 4) is 0 Å². The molecule has 1 heterocycles. The lowest BCUT2D eigenvalue weighted by atomic mass is 9.87. The number of nitrogens with one attached hydrogen (secondary N) is 1. The van der Waals surface area contributed by atoms with Gasteiger partial charge in [0.25, 0.3) is 0 Å². The molecule has 5 atom stereocenters. The fraction of sp³-hybridized carbons (Fsp3) is 0.889. The van der Waals surface area contributed by atoms with Gasteiger partial charge in [-0.05, 0) is 6.42 Å². The molecule has 0 aromatic heterocycles. The van der Waals surface area contributed by atoms with Crippen molar-refractivity contribution < 1.29 is 33.3 Å². The molecule has 1 aliphatic rings. The molecule has 1 saturated heterocycles. The van der Waals surface area contributed by atoms with Crippen molar-refractivity contribution in [3.05, 3.63) is 0 Å². The maximum Gasteiger partial charge on any atom is 0.302 e. The number of hydrogen-bond donors (Lipinski definition) is 2. The number of nitrogens with two attached hydrogens (primary N) is 1. The summed E-state index contributed by atoms with van der Waals surface area (Å²) in [6.45, 7) is 9.20. The van der Waals surface area contributed by atoms with Gasteiger partial charge >= 0.3 is 5.97 Å². The van der Waals surface area contributed by atoms with Gasteiger partial charge in [0.2, 0.25) is 5.91 Å². The number of ether oxygens (including phenoxy) is 5. The molecule has 3 unspecified atom stereocenters. The van der Waals surface area contributed by atoms with Crippen molar-refractivity contribution in [2.45, 2.75) is 58.7 Å². The Morgan fingerprint density at radius 2 is 1.70 bits per heavy atom. The quantitative estimate of drug-likeness (QED) is 0.358. The van der Waals surface area contributed by atoms with Crippen LogP contribution in [-0.4, -0.2) is 76.0 Å². The summed E-state index contributed by atoms with van der Waals surface area (Å²) in [6.07, 6.45) is -0.660. The number of rotatable bonds is 12. The summed E-state index contributed by atoms with van der Waals surface area (Å²) >= 11 is 0. The zero-order valence-corrected chi connectivity index (χ0v) is 16.8. The fourth-order valence-corrected chi connectivity index (χ4v) is 3.07. The van der Waals surface area contributed by atoms with Gasteiger partial charge in [-0.25, -0.2) is 0 Å². The highest BCUT2D eigenvalue weighted by molar-refractivity contribution is 5.73. The van der Waals surface area contributed by atoms with Crippen LogP contribution >= 0.6 is 0 Å². The SMILES string of the molecule is CCC1O[C@@H](OCCOCCOCCN)C(NC(C)=O)C(OC(C)=O)[C@H]1C. The monoisotopic (exact) mass is 390 g/mol. The second kappa shape index (κ2) is 13.0. The van der Waals surface area contributed by atoms with Crippen molar-refractivity contribution in [2.24, 2.45) is 11.7 Å². The lowest BCUT2D eigenvalue weighted by molar-refractivity contribution is -0.255. The molecule has 1 rings (SSSR count). The molecule has 0 saturated carbocycles. The number of carbonyl (C=O) groups is 2. The van der Waals surface area contributed by atoms with Crippen LogP contribution in [0.2, 0.25) is 0 Å². The molecule has 1 fully saturated rings. The van der Waals surface area contributed by atoms with E-state index in [9.17, 15) is 9.59 Å². The van der Waals surface area contributed by atoms with Crippen LogP contribution in [0.4, 0.5) is 0 Å². The first-order valence-electron chi connectivity index (χ1n) is 9.47. The standard InChI is InChI=1S/C18H34N2O7/c1-5-15-12(2)17(26-14(4)22)16(20-13(3)21)18(27-15)25-11-10-24-9-8-23-7-6-19/h12,15-18H,5-11,19H2,1-4H3,(H,20,21)/t12-,15?,16?,17?,18+/m0/s1. The third kappa shape index (κ3) is 8.52. The smallest absolute Gasteiger partial charge is 0.302 e. The Hall–Kier alpha value is -1.26. The van der Waals surface area contributed by atoms with Gasteiger partial charge in [0.05, 0.1) is 39.1 Å². The topological polar surface area (TPSA) is 118 Å². The van der Waals surface area contributed by atoms with Gasteiger partial charge in [-0.3, -0.25) is 9.59 Å². The number of hydrogen-bond acceptors (Lipinski definition) is 8. The van der Waals surface area contributed by atoms with Gasteiger partial charge in [0.1, 0.15) is 12.1 Å². The van der Waals surface area contributed by atoms with Gasteiger partial charge in [-0.1, -0.05) is 13.8 Å². The highest BCUT2D eigenvalue weighted by atomic mass is 16.7. The van der Waals surface area contributed by atoms with Crippen LogP contribution in [0.15, 0.2) is 0 Å². The van der Waals surface area contributed by atoms with Crippen LogP contribution in [0.5, 0.6) is 0 Å². The third-order valence-electron chi connectivity index (χ3n) is 4.28. The molecule has 9 heteroatoms. The first-order valence-corrected chi connectivity index (χ1v) is 9.47. The fourth-order valence-electron chi connectivity index (χ4n) is 3.07.